The lowest BCUT2D eigenvalue weighted by Crippen LogP contribution is -2.34. The molecule has 5 nitrogen and oxygen atoms in total. The Bertz CT molecular complexity index is 656. The molecule has 1 aromatic carbocycles. The number of benzene rings is 1. The monoisotopic (exact) mass is 327 g/mol. The van der Waals surface area contributed by atoms with Gasteiger partial charge in [-0.1, -0.05) is 25.7 Å². The molecule has 0 radical (unpaired) electrons. The van der Waals surface area contributed by atoms with Crippen molar-refractivity contribution in [2.75, 3.05) is 6.61 Å². The van der Waals surface area contributed by atoms with Crippen LogP contribution in [0, 0.1) is 0 Å². The van der Waals surface area contributed by atoms with E-state index in [2.05, 4.69) is 15.5 Å². The highest BCUT2D eigenvalue weighted by molar-refractivity contribution is 5.93. The summed E-state index contributed by atoms with van der Waals surface area (Å²) < 4.78 is 5.44. The molecule has 0 atom stereocenters. The van der Waals surface area contributed by atoms with Crippen molar-refractivity contribution in [2.45, 2.75) is 51.5 Å². The van der Waals surface area contributed by atoms with E-state index in [0.717, 1.165) is 29.8 Å². The SMILES string of the molecule is CCOc1ccc(-c2cc(C(=O)NC3CCCCCC3)[nH]n2)cc1. The average Bonchev–Trinajstić information content (AvgIpc) is 2.95. The Hall–Kier alpha value is -2.30. The van der Waals surface area contributed by atoms with Gasteiger partial charge in [-0.3, -0.25) is 9.89 Å². The molecule has 2 aromatic rings. The van der Waals surface area contributed by atoms with E-state index in [4.69, 9.17) is 4.74 Å². The normalized spacial score (nSPS) is 15.7. The molecule has 3 rings (SSSR count). The van der Waals surface area contributed by atoms with Crippen LogP contribution in [-0.4, -0.2) is 28.8 Å². The summed E-state index contributed by atoms with van der Waals surface area (Å²) in [5.41, 5.74) is 2.25. The minimum Gasteiger partial charge on any atom is -0.494 e. The lowest BCUT2D eigenvalue weighted by molar-refractivity contribution is 0.0928. The average molecular weight is 327 g/mol. The number of aromatic amines is 1. The summed E-state index contributed by atoms with van der Waals surface area (Å²) in [4.78, 5) is 12.4. The molecule has 128 valence electrons. The van der Waals surface area contributed by atoms with Crippen molar-refractivity contribution in [3.63, 3.8) is 0 Å². The molecule has 1 heterocycles. The van der Waals surface area contributed by atoms with Crippen LogP contribution in [0.2, 0.25) is 0 Å². The van der Waals surface area contributed by atoms with Crippen LogP contribution in [0.25, 0.3) is 11.3 Å². The highest BCUT2D eigenvalue weighted by Gasteiger charge is 2.17. The first-order valence-corrected chi connectivity index (χ1v) is 8.86. The molecular weight excluding hydrogens is 302 g/mol. The standard InChI is InChI=1S/C19H25N3O2/c1-2-24-16-11-9-14(10-12-16)17-13-18(22-21-17)19(23)20-15-7-5-3-4-6-8-15/h9-13,15H,2-8H2,1H3,(H,20,23)(H,21,22). The molecular formula is C19H25N3O2. The predicted octanol–water partition coefficient (Wildman–Crippen LogP) is 3.93. The van der Waals surface area contributed by atoms with Crippen molar-refractivity contribution in [1.29, 1.82) is 0 Å². The number of amides is 1. The number of nitrogens with one attached hydrogen (secondary N) is 2. The third-order valence-corrected chi connectivity index (χ3v) is 4.47. The second kappa shape index (κ2) is 7.99. The fourth-order valence-electron chi connectivity index (χ4n) is 3.16. The van der Waals surface area contributed by atoms with E-state index in [1.54, 1.807) is 0 Å². The third-order valence-electron chi connectivity index (χ3n) is 4.47. The summed E-state index contributed by atoms with van der Waals surface area (Å²) in [7, 11) is 0. The highest BCUT2D eigenvalue weighted by atomic mass is 16.5. The molecule has 5 heteroatoms. The first-order valence-electron chi connectivity index (χ1n) is 8.86. The molecule has 1 aliphatic rings. The summed E-state index contributed by atoms with van der Waals surface area (Å²) in [6, 6.07) is 9.83. The Kier molecular flexibility index (Phi) is 5.51. The molecule has 0 aliphatic heterocycles. The molecule has 0 unspecified atom stereocenters. The maximum Gasteiger partial charge on any atom is 0.269 e. The Labute approximate surface area is 142 Å². The van der Waals surface area contributed by atoms with Gasteiger partial charge in [0, 0.05) is 11.6 Å². The zero-order chi connectivity index (χ0) is 16.8. The Morgan fingerprint density at radius 2 is 1.92 bits per heavy atom. The van der Waals surface area contributed by atoms with E-state index in [1.807, 2.05) is 37.3 Å². The molecule has 0 spiro atoms. The predicted molar refractivity (Wildman–Crippen MR) is 94.1 cm³/mol. The minimum absolute atomic E-state index is 0.0633. The summed E-state index contributed by atoms with van der Waals surface area (Å²) in [6.45, 7) is 2.61. The van der Waals surface area contributed by atoms with Gasteiger partial charge in [0.05, 0.1) is 12.3 Å². The first-order chi connectivity index (χ1) is 11.8. The van der Waals surface area contributed by atoms with Gasteiger partial charge in [0.1, 0.15) is 11.4 Å². The van der Waals surface area contributed by atoms with Gasteiger partial charge in [0.25, 0.3) is 5.91 Å². The molecule has 1 aliphatic carbocycles. The fraction of sp³-hybridized carbons (Fsp3) is 0.474. The lowest BCUT2D eigenvalue weighted by Gasteiger charge is -2.15. The number of nitrogens with zero attached hydrogens (tertiary/aromatic N) is 1. The second-order valence-corrected chi connectivity index (χ2v) is 6.29. The topological polar surface area (TPSA) is 67.0 Å². The third kappa shape index (κ3) is 4.16. The van der Waals surface area contributed by atoms with Gasteiger partial charge in [-0.05, 0) is 50.1 Å². The molecule has 2 N–H and O–H groups in total. The molecule has 1 amide bonds. The zero-order valence-corrected chi connectivity index (χ0v) is 14.2. The van der Waals surface area contributed by atoms with Crippen LogP contribution >= 0.6 is 0 Å². The summed E-state index contributed by atoms with van der Waals surface area (Å²) in [6.07, 6.45) is 7.10. The van der Waals surface area contributed by atoms with Crippen LogP contribution in [0.3, 0.4) is 0 Å². The van der Waals surface area contributed by atoms with Crippen LogP contribution in [-0.2, 0) is 0 Å². The zero-order valence-electron chi connectivity index (χ0n) is 14.2. The molecule has 0 saturated heterocycles. The largest absolute Gasteiger partial charge is 0.494 e. The quantitative estimate of drug-likeness (QED) is 0.818. The second-order valence-electron chi connectivity index (χ2n) is 6.29. The molecule has 1 saturated carbocycles. The van der Waals surface area contributed by atoms with Crippen molar-refractivity contribution < 1.29 is 9.53 Å². The fourth-order valence-corrected chi connectivity index (χ4v) is 3.16. The maximum atomic E-state index is 12.4. The van der Waals surface area contributed by atoms with Gasteiger partial charge in [-0.2, -0.15) is 5.10 Å². The van der Waals surface area contributed by atoms with Gasteiger partial charge in [0.2, 0.25) is 0 Å². The Morgan fingerprint density at radius 1 is 1.21 bits per heavy atom. The lowest BCUT2D eigenvalue weighted by atomic mass is 10.1. The van der Waals surface area contributed by atoms with E-state index >= 15 is 0 Å². The number of hydrogen-bond acceptors (Lipinski definition) is 3. The Balaban J connectivity index is 1.64. The smallest absolute Gasteiger partial charge is 0.269 e. The number of hydrogen-bond donors (Lipinski definition) is 2. The summed E-state index contributed by atoms with van der Waals surface area (Å²) in [5.74, 6) is 0.773. The van der Waals surface area contributed by atoms with Crippen molar-refractivity contribution >= 4 is 5.91 Å². The number of H-pyrrole nitrogens is 1. The van der Waals surface area contributed by atoms with Crippen LogP contribution in [0.15, 0.2) is 30.3 Å². The van der Waals surface area contributed by atoms with Crippen molar-refractivity contribution in [2.24, 2.45) is 0 Å². The molecule has 24 heavy (non-hydrogen) atoms. The van der Waals surface area contributed by atoms with E-state index in [1.165, 1.54) is 25.7 Å². The molecule has 0 bridgehead atoms. The van der Waals surface area contributed by atoms with Crippen molar-refractivity contribution in [1.82, 2.24) is 15.5 Å². The maximum absolute atomic E-state index is 12.4. The highest BCUT2D eigenvalue weighted by Crippen LogP contribution is 2.22. The summed E-state index contributed by atoms with van der Waals surface area (Å²) >= 11 is 0. The van der Waals surface area contributed by atoms with Crippen molar-refractivity contribution in [3.8, 4) is 17.0 Å². The molecule has 1 aromatic heterocycles. The number of carbonyl (C=O) groups is 1. The van der Waals surface area contributed by atoms with E-state index < -0.39 is 0 Å². The van der Waals surface area contributed by atoms with Crippen LogP contribution in [0.4, 0.5) is 0 Å². The van der Waals surface area contributed by atoms with E-state index in [9.17, 15) is 4.79 Å². The number of rotatable bonds is 5. The van der Waals surface area contributed by atoms with Crippen LogP contribution < -0.4 is 10.1 Å². The van der Waals surface area contributed by atoms with Gasteiger partial charge < -0.3 is 10.1 Å². The van der Waals surface area contributed by atoms with E-state index in [0.29, 0.717) is 12.3 Å². The molecule has 1 fully saturated rings. The van der Waals surface area contributed by atoms with Gasteiger partial charge in [-0.25, -0.2) is 0 Å². The number of aromatic nitrogens is 2. The number of carbonyl (C=O) groups excluding carboxylic acids is 1. The van der Waals surface area contributed by atoms with Gasteiger partial charge in [0.15, 0.2) is 0 Å². The van der Waals surface area contributed by atoms with E-state index in [-0.39, 0.29) is 11.9 Å². The van der Waals surface area contributed by atoms with Crippen molar-refractivity contribution in [3.05, 3.63) is 36.0 Å². The number of ether oxygens (including phenoxy) is 1. The van der Waals surface area contributed by atoms with Gasteiger partial charge in [-0.15, -0.1) is 0 Å². The van der Waals surface area contributed by atoms with Gasteiger partial charge >= 0.3 is 0 Å². The Morgan fingerprint density at radius 3 is 2.58 bits per heavy atom. The van der Waals surface area contributed by atoms with Crippen LogP contribution in [0.1, 0.15) is 55.9 Å². The minimum atomic E-state index is -0.0633. The summed E-state index contributed by atoms with van der Waals surface area (Å²) in [5, 5.41) is 10.3. The first kappa shape index (κ1) is 16.6. The van der Waals surface area contributed by atoms with Crippen LogP contribution in [0.5, 0.6) is 5.75 Å².